The lowest BCUT2D eigenvalue weighted by molar-refractivity contribution is -0.134. The minimum absolute atomic E-state index is 0.288. The number of hydrogen-bond acceptors (Lipinski definition) is 4. The summed E-state index contributed by atoms with van der Waals surface area (Å²) < 4.78 is 0. The highest BCUT2D eigenvalue weighted by atomic mass is 32.1. The van der Waals surface area contributed by atoms with E-state index in [9.17, 15) is 14.4 Å². The van der Waals surface area contributed by atoms with Gasteiger partial charge in [-0.25, -0.2) is 4.79 Å². The lowest BCUT2D eigenvalue weighted by Crippen LogP contribution is -2.46. The van der Waals surface area contributed by atoms with Crippen molar-refractivity contribution in [2.24, 2.45) is 0 Å². The Morgan fingerprint density at radius 3 is 2.93 bits per heavy atom. The summed E-state index contributed by atoms with van der Waals surface area (Å²) in [5.41, 5.74) is 1.60. The van der Waals surface area contributed by atoms with Gasteiger partial charge in [0.2, 0.25) is 5.91 Å². The van der Waals surface area contributed by atoms with Crippen LogP contribution >= 0.6 is 11.3 Å². The zero-order chi connectivity index (χ0) is 19.0. The second kappa shape index (κ2) is 6.81. The third-order valence-corrected chi connectivity index (χ3v) is 6.29. The molecular formula is C20H21N3O3S. The number of rotatable bonds is 4. The Kier molecular flexibility index (Phi) is 4.47. The van der Waals surface area contributed by atoms with E-state index in [0.29, 0.717) is 12.1 Å². The molecule has 2 aromatic rings. The van der Waals surface area contributed by atoms with Crippen LogP contribution in [0.5, 0.6) is 0 Å². The maximum atomic E-state index is 13.1. The molecule has 4 amide bonds. The highest BCUT2D eigenvalue weighted by Crippen LogP contribution is 2.42. The number of nitrogens with one attached hydrogen (secondary N) is 2. The van der Waals surface area contributed by atoms with Crippen LogP contribution in [0.4, 0.5) is 10.5 Å². The third kappa shape index (κ3) is 2.92. The number of anilines is 1. The van der Waals surface area contributed by atoms with Crippen LogP contribution in [-0.2, 0) is 28.0 Å². The molecule has 1 fully saturated rings. The van der Waals surface area contributed by atoms with E-state index in [1.54, 1.807) is 11.3 Å². The van der Waals surface area contributed by atoms with Crippen LogP contribution < -0.4 is 10.6 Å². The smallest absolute Gasteiger partial charge is 0.324 e. The topological polar surface area (TPSA) is 78.5 Å². The average Bonchev–Trinajstić information content (AvgIpc) is 3.23. The molecule has 1 aliphatic carbocycles. The molecule has 1 aromatic heterocycles. The van der Waals surface area contributed by atoms with Crippen molar-refractivity contribution < 1.29 is 14.4 Å². The van der Waals surface area contributed by atoms with Gasteiger partial charge in [-0.1, -0.05) is 25.1 Å². The monoisotopic (exact) mass is 383 g/mol. The van der Waals surface area contributed by atoms with E-state index in [-0.39, 0.29) is 18.4 Å². The first-order chi connectivity index (χ1) is 13.0. The number of benzene rings is 1. The Bertz CT molecular complexity index is 923. The van der Waals surface area contributed by atoms with Crippen LogP contribution in [0.2, 0.25) is 0 Å². The first kappa shape index (κ1) is 17.7. The van der Waals surface area contributed by atoms with E-state index in [0.717, 1.165) is 40.2 Å². The number of nitrogens with zero attached hydrogens (tertiary/aromatic N) is 1. The summed E-state index contributed by atoms with van der Waals surface area (Å²) in [7, 11) is 0. The van der Waals surface area contributed by atoms with Crippen LogP contribution in [0.15, 0.2) is 35.7 Å². The second-order valence-corrected chi connectivity index (χ2v) is 7.90. The maximum absolute atomic E-state index is 13.1. The van der Waals surface area contributed by atoms with Crippen LogP contribution in [-0.4, -0.2) is 29.3 Å². The number of hydrogen-bond donors (Lipinski definition) is 2. The van der Waals surface area contributed by atoms with Gasteiger partial charge < -0.3 is 10.6 Å². The van der Waals surface area contributed by atoms with Crippen molar-refractivity contribution in [2.45, 2.75) is 38.1 Å². The molecule has 2 N–H and O–H groups in total. The number of imide groups is 1. The first-order valence-corrected chi connectivity index (χ1v) is 10.0. The maximum Gasteiger partial charge on any atom is 0.325 e. The minimum Gasteiger partial charge on any atom is -0.324 e. The standard InChI is InChI=1S/C20H21N3O3S/c1-2-13-6-3-4-7-15(13)21-17(24)12-23-18(25)20(22-19(23)26)10-5-8-16-14(20)9-11-27-16/h3-4,6-7,9,11H,2,5,8,10,12H2,1H3,(H,21,24)(H,22,26)/t20-/m1/s1. The summed E-state index contributed by atoms with van der Waals surface area (Å²) in [6, 6.07) is 8.94. The molecule has 0 unspecified atom stereocenters. The van der Waals surface area contributed by atoms with Crippen LogP contribution in [0.3, 0.4) is 0 Å². The number of carbonyl (C=O) groups excluding carboxylic acids is 3. The van der Waals surface area contributed by atoms with E-state index in [2.05, 4.69) is 10.6 Å². The Hall–Kier alpha value is -2.67. The van der Waals surface area contributed by atoms with Crippen LogP contribution in [0.1, 0.15) is 35.8 Å². The summed E-state index contributed by atoms with van der Waals surface area (Å²) >= 11 is 1.61. The van der Waals surface area contributed by atoms with Crippen molar-refractivity contribution in [1.29, 1.82) is 0 Å². The predicted octanol–water partition coefficient (Wildman–Crippen LogP) is 3.03. The molecule has 6 nitrogen and oxygen atoms in total. The fourth-order valence-electron chi connectivity index (χ4n) is 3.97. The van der Waals surface area contributed by atoms with Gasteiger partial charge in [-0.2, -0.15) is 0 Å². The molecule has 2 heterocycles. The van der Waals surface area contributed by atoms with Crippen LogP contribution in [0, 0.1) is 0 Å². The zero-order valence-corrected chi connectivity index (χ0v) is 15.9. The van der Waals surface area contributed by atoms with Crippen molar-refractivity contribution in [1.82, 2.24) is 10.2 Å². The summed E-state index contributed by atoms with van der Waals surface area (Å²) in [6.45, 7) is 1.72. The molecule has 27 heavy (non-hydrogen) atoms. The van der Waals surface area contributed by atoms with E-state index >= 15 is 0 Å². The van der Waals surface area contributed by atoms with Crippen molar-refractivity contribution in [3.63, 3.8) is 0 Å². The molecule has 4 rings (SSSR count). The third-order valence-electron chi connectivity index (χ3n) is 5.31. The van der Waals surface area contributed by atoms with Crippen molar-refractivity contribution in [3.8, 4) is 0 Å². The molecule has 1 atom stereocenters. The molecule has 0 bridgehead atoms. The molecule has 1 saturated heterocycles. The lowest BCUT2D eigenvalue weighted by atomic mass is 9.80. The number of amides is 4. The normalized spacial score (nSPS) is 21.3. The van der Waals surface area contributed by atoms with Gasteiger partial charge in [0.15, 0.2) is 0 Å². The number of aryl methyl sites for hydroxylation is 2. The molecule has 1 aliphatic heterocycles. The number of urea groups is 1. The quantitative estimate of drug-likeness (QED) is 0.797. The Morgan fingerprint density at radius 1 is 1.30 bits per heavy atom. The van der Waals surface area contributed by atoms with Gasteiger partial charge in [0.05, 0.1) is 0 Å². The Morgan fingerprint density at radius 2 is 2.11 bits per heavy atom. The van der Waals surface area contributed by atoms with E-state index < -0.39 is 11.6 Å². The lowest BCUT2D eigenvalue weighted by Gasteiger charge is -2.31. The number of para-hydroxylation sites is 1. The zero-order valence-electron chi connectivity index (χ0n) is 15.1. The second-order valence-electron chi connectivity index (χ2n) is 6.90. The van der Waals surface area contributed by atoms with Gasteiger partial charge >= 0.3 is 6.03 Å². The molecule has 0 radical (unpaired) electrons. The minimum atomic E-state index is -1.01. The van der Waals surface area contributed by atoms with Crippen LogP contribution in [0.25, 0.3) is 0 Å². The molecule has 1 aromatic carbocycles. The highest BCUT2D eigenvalue weighted by molar-refractivity contribution is 7.10. The number of fused-ring (bicyclic) bond motifs is 2. The summed E-state index contributed by atoms with van der Waals surface area (Å²) in [4.78, 5) is 40.3. The summed E-state index contributed by atoms with van der Waals surface area (Å²) in [5.74, 6) is -0.705. The molecule has 2 aliphatic rings. The number of thiophene rings is 1. The summed E-state index contributed by atoms with van der Waals surface area (Å²) in [5, 5.41) is 7.64. The Labute approximate surface area is 161 Å². The van der Waals surface area contributed by atoms with Gasteiger partial charge in [0, 0.05) is 16.1 Å². The molecule has 0 saturated carbocycles. The SMILES string of the molecule is CCc1ccccc1NC(=O)CN1C(=O)N[C@@]2(CCCc3sccc32)C1=O. The van der Waals surface area contributed by atoms with Crippen molar-refractivity contribution in [2.75, 3.05) is 11.9 Å². The van der Waals surface area contributed by atoms with Gasteiger partial charge in [-0.3, -0.25) is 14.5 Å². The first-order valence-electron chi connectivity index (χ1n) is 9.14. The average molecular weight is 383 g/mol. The predicted molar refractivity (Wildman–Crippen MR) is 104 cm³/mol. The molecule has 7 heteroatoms. The summed E-state index contributed by atoms with van der Waals surface area (Å²) in [6.07, 6.45) is 3.11. The molecule has 1 spiro atoms. The van der Waals surface area contributed by atoms with Gasteiger partial charge in [-0.15, -0.1) is 11.3 Å². The molecular weight excluding hydrogens is 362 g/mol. The largest absolute Gasteiger partial charge is 0.325 e. The van der Waals surface area contributed by atoms with Gasteiger partial charge in [0.1, 0.15) is 12.1 Å². The molecule has 140 valence electrons. The van der Waals surface area contributed by atoms with E-state index in [1.165, 1.54) is 0 Å². The van der Waals surface area contributed by atoms with E-state index in [1.807, 2.05) is 42.6 Å². The van der Waals surface area contributed by atoms with E-state index in [4.69, 9.17) is 0 Å². The highest BCUT2D eigenvalue weighted by Gasteiger charge is 2.54. The fraction of sp³-hybridized carbons (Fsp3) is 0.350. The fourth-order valence-corrected chi connectivity index (χ4v) is 4.97. The van der Waals surface area contributed by atoms with Crippen molar-refractivity contribution >= 4 is 34.9 Å². The van der Waals surface area contributed by atoms with Crippen molar-refractivity contribution in [3.05, 3.63) is 51.7 Å². The van der Waals surface area contributed by atoms with Gasteiger partial charge in [-0.05, 0) is 48.8 Å². The Balaban J connectivity index is 1.53. The number of carbonyl (C=O) groups is 3. The van der Waals surface area contributed by atoms with Gasteiger partial charge in [0.25, 0.3) is 5.91 Å².